The van der Waals surface area contributed by atoms with Crippen molar-refractivity contribution < 1.29 is 9.90 Å². The molecule has 3 heteroatoms. The Morgan fingerprint density at radius 3 is 1.18 bits per heavy atom. The number of aryl methyl sites for hydroxylation is 1. The minimum absolute atomic E-state index is 0.211. The maximum absolute atomic E-state index is 11.6. The van der Waals surface area contributed by atoms with E-state index in [9.17, 15) is 9.90 Å². The molecular formula is C107H147ClO2. The number of ketones is 1. The molecule has 8 aliphatic carbocycles. The molecule has 16 rings (SSSR count). The fourth-order valence-electron chi connectivity index (χ4n) is 22.1. The second-order valence-electron chi connectivity index (χ2n) is 38.9. The molecule has 8 aliphatic rings. The van der Waals surface area contributed by atoms with Crippen LogP contribution >= 0.6 is 11.6 Å². The van der Waals surface area contributed by atoms with Crippen molar-refractivity contribution in [2.45, 2.75) is 289 Å². The zero-order chi connectivity index (χ0) is 80.2. The fraction of sp³-hybridized carbons (Fsp3) is 0.542. The Balaban J connectivity index is 0.000000145. The quantitative estimate of drug-likeness (QED) is 0.140. The first-order valence-corrected chi connectivity index (χ1v) is 44.1. The molecule has 0 amide bonds. The van der Waals surface area contributed by atoms with Gasteiger partial charge in [0.2, 0.25) is 0 Å². The van der Waals surface area contributed by atoms with Gasteiger partial charge in [-0.1, -0.05) is 353 Å². The Morgan fingerprint density at radius 2 is 0.755 bits per heavy atom. The first-order valence-electron chi connectivity index (χ1n) is 43.7. The first kappa shape index (κ1) is 87.6. The van der Waals surface area contributed by atoms with Gasteiger partial charge in [-0.15, -0.1) is 0 Å². The summed E-state index contributed by atoms with van der Waals surface area (Å²) in [6, 6.07) is 68.1. The molecule has 110 heavy (non-hydrogen) atoms. The molecule has 1 N–H and O–H groups in total. The van der Waals surface area contributed by atoms with Gasteiger partial charge in [0.1, 0.15) is 5.78 Å². The van der Waals surface area contributed by atoms with Crippen LogP contribution < -0.4 is 0 Å². The molecule has 0 aliphatic heterocycles. The van der Waals surface area contributed by atoms with Crippen molar-refractivity contribution in [1.82, 2.24) is 0 Å². The summed E-state index contributed by atoms with van der Waals surface area (Å²) in [6.07, 6.45) is 12.5. The number of carbonyl (C=O) groups excluding carboxylic acids is 1. The summed E-state index contributed by atoms with van der Waals surface area (Å²) in [4.78, 5) is 11.6. The average molecular weight is 1500 g/mol. The molecule has 0 aromatic heterocycles. The largest absolute Gasteiger partial charge is 0.396 e. The average Bonchev–Trinajstić information content (AvgIpc) is 1.61. The summed E-state index contributed by atoms with van der Waals surface area (Å²) in [5.74, 6) is 15.0. The van der Waals surface area contributed by atoms with Crippen LogP contribution in [0.1, 0.15) is 328 Å². The highest BCUT2D eigenvalue weighted by Crippen LogP contribution is 2.52. The van der Waals surface area contributed by atoms with Crippen molar-refractivity contribution in [3.8, 4) is 0 Å². The summed E-state index contributed by atoms with van der Waals surface area (Å²) in [5.41, 5.74) is 25.1. The third-order valence-electron chi connectivity index (χ3n) is 27.5. The van der Waals surface area contributed by atoms with E-state index >= 15 is 0 Å². The van der Waals surface area contributed by atoms with Gasteiger partial charge in [-0.2, -0.15) is 0 Å². The molecule has 8 aromatic carbocycles. The Bertz CT molecular complexity index is 4140. The maximum Gasteiger partial charge on any atom is 0.133 e. The first-order chi connectivity index (χ1) is 52.2. The number of carbonyl (C=O) groups is 1. The normalized spacial score (nSPS) is 24.6. The van der Waals surface area contributed by atoms with Crippen LogP contribution in [0.3, 0.4) is 0 Å². The van der Waals surface area contributed by atoms with Crippen molar-refractivity contribution in [2.24, 2.45) is 76.9 Å². The number of halogens is 1. The molecule has 8 aromatic rings. The number of hydrogen-bond donors (Lipinski definition) is 1. The highest BCUT2D eigenvalue weighted by molar-refractivity contribution is 6.30. The number of aliphatic hydroxyl groups excluding tert-OH is 1. The van der Waals surface area contributed by atoms with Crippen LogP contribution in [0.15, 0.2) is 188 Å². The van der Waals surface area contributed by atoms with E-state index in [2.05, 4.69) is 341 Å². The molecule has 594 valence electrons. The van der Waals surface area contributed by atoms with E-state index in [0.29, 0.717) is 59.2 Å². The molecule has 0 heterocycles. The number of rotatable bonds is 11. The van der Waals surface area contributed by atoms with Crippen LogP contribution in [-0.4, -0.2) is 17.5 Å². The van der Waals surface area contributed by atoms with Crippen molar-refractivity contribution in [3.05, 3.63) is 282 Å². The number of fused-ring (bicyclic) bond motifs is 8. The Hall–Kier alpha value is -6.32. The van der Waals surface area contributed by atoms with Crippen molar-refractivity contribution in [3.63, 3.8) is 0 Å². The van der Waals surface area contributed by atoms with E-state index in [-0.39, 0.29) is 11.3 Å². The summed E-state index contributed by atoms with van der Waals surface area (Å²) in [7, 11) is 0. The molecule has 0 saturated heterocycles. The summed E-state index contributed by atoms with van der Waals surface area (Å²) in [5, 5.41) is 10.3. The third kappa shape index (κ3) is 20.8. The minimum Gasteiger partial charge on any atom is -0.396 e. The molecule has 2 nitrogen and oxygen atoms in total. The van der Waals surface area contributed by atoms with Gasteiger partial charge >= 0.3 is 0 Å². The highest BCUT2D eigenvalue weighted by atomic mass is 35.5. The van der Waals surface area contributed by atoms with Gasteiger partial charge in [-0.3, -0.25) is 4.79 Å². The number of benzene rings is 8. The van der Waals surface area contributed by atoms with Crippen LogP contribution in [0.2, 0.25) is 5.02 Å². The second-order valence-corrected chi connectivity index (χ2v) is 39.4. The predicted octanol–water partition coefficient (Wildman–Crippen LogP) is 29.3. The van der Waals surface area contributed by atoms with Crippen LogP contribution in [0, 0.1) is 76.9 Å². The molecule has 0 saturated carbocycles. The number of aliphatic hydroxyl groups is 1. The monoisotopic (exact) mass is 1500 g/mol. The Labute approximate surface area is 677 Å². The molecule has 0 bridgehead atoms. The highest BCUT2D eigenvalue weighted by Gasteiger charge is 2.41. The lowest BCUT2D eigenvalue weighted by Gasteiger charge is -2.22. The third-order valence-corrected chi connectivity index (χ3v) is 27.8. The van der Waals surface area contributed by atoms with E-state index in [0.717, 1.165) is 94.8 Å². The summed E-state index contributed by atoms with van der Waals surface area (Å²) < 4.78 is 0. The minimum atomic E-state index is 0.211. The van der Waals surface area contributed by atoms with Gasteiger partial charge in [-0.05, 0) is 289 Å². The predicted molar refractivity (Wildman–Crippen MR) is 476 cm³/mol. The second kappa shape index (κ2) is 39.1. The Kier molecular flexibility index (Phi) is 31.2. The lowest BCUT2D eigenvalue weighted by Crippen LogP contribution is -2.20. The standard InChI is InChI=1S/C14H19Cl.C14H18O.2C14H20.C13H18O.2C13H18.C12H16/c1-9(2)12-8-14(3,4)13-7-10(15)5-6-11(12)13;1-9(2)14-12-7-5-4-6-11(12)8-13(14)10(3)15;1-10(2)12-9-14(3,4)13-8-6-5-7-11(12)13;1-4-11-9-12-7-5-6-8-13(12)14(11)10(2)3;1-9(2)12-7-10-5-3-4-6-11(10)13(12)8-14;2*1-9(2)13-10(3)8-11-6-4-5-7-12(11)13;1-9(2)11-8-7-10-5-3-4-6-12(10)11/h5-7,9,12H,8H2,1-4H3;4-7,9,13-14H,8H2,1-3H3;5-8,10,12H,9H2,1-4H3;5-8,10-11,14H,4,9H2,1-3H3;3-6,9,12-14H,7-8H2,1-2H3;2*4-7,9-10,13H,8H2,1-3H3;3-6,9,11H,7-8H2,1-2H3. The molecular weight excluding hydrogens is 1350 g/mol. The fourth-order valence-corrected chi connectivity index (χ4v) is 22.2. The zero-order valence-electron chi connectivity index (χ0n) is 73.0. The Morgan fingerprint density at radius 1 is 0.391 bits per heavy atom. The number of hydrogen-bond acceptors (Lipinski definition) is 2. The summed E-state index contributed by atoms with van der Waals surface area (Å²) in [6.45, 7) is 55.4. The lowest BCUT2D eigenvalue weighted by atomic mass is 9.81. The van der Waals surface area contributed by atoms with E-state index in [4.69, 9.17) is 11.6 Å². The smallest absolute Gasteiger partial charge is 0.133 e. The molecule has 13 unspecified atom stereocenters. The van der Waals surface area contributed by atoms with Gasteiger partial charge in [0.25, 0.3) is 0 Å². The van der Waals surface area contributed by atoms with E-state index < -0.39 is 0 Å². The van der Waals surface area contributed by atoms with E-state index in [1.54, 1.807) is 62.6 Å². The summed E-state index contributed by atoms with van der Waals surface area (Å²) >= 11 is 6.08. The van der Waals surface area contributed by atoms with Gasteiger partial charge in [0.15, 0.2) is 0 Å². The molecule has 13 atom stereocenters. The molecule has 0 fully saturated rings. The van der Waals surface area contributed by atoms with Crippen LogP contribution in [0.25, 0.3) is 0 Å². The molecule has 0 spiro atoms. The van der Waals surface area contributed by atoms with Gasteiger partial charge in [-0.25, -0.2) is 0 Å². The van der Waals surface area contributed by atoms with E-state index in [1.165, 1.54) is 84.7 Å². The lowest BCUT2D eigenvalue weighted by molar-refractivity contribution is -0.121. The SMILES string of the molecule is CC(=O)C1Cc2ccccc2C1C(C)C.CC(C)C1CC(C)(C)c2cc(Cl)ccc21.CC(C)C1CC(C)(C)c2ccccc21.CC(C)C1CCc2ccccc21.CC(C)C1Cc2ccccc2C1CO.CC(C)C1c2ccccc2CC1C.CC(C)C1c2ccccc2CC1C.CCC1Cc2ccccc2C1C(C)C. The van der Waals surface area contributed by atoms with Crippen LogP contribution in [-0.2, 0) is 54.1 Å². The topological polar surface area (TPSA) is 37.3 Å². The molecule has 0 radical (unpaired) electrons. The number of Topliss-reactive ketones (excluding diaryl/α,β-unsaturated/α-hetero) is 1. The van der Waals surface area contributed by atoms with Crippen molar-refractivity contribution >= 4 is 17.4 Å². The van der Waals surface area contributed by atoms with Crippen LogP contribution in [0.5, 0.6) is 0 Å². The van der Waals surface area contributed by atoms with Crippen LogP contribution in [0.4, 0.5) is 0 Å². The van der Waals surface area contributed by atoms with Gasteiger partial charge < -0.3 is 5.11 Å². The van der Waals surface area contributed by atoms with Crippen molar-refractivity contribution in [2.75, 3.05) is 6.61 Å². The van der Waals surface area contributed by atoms with E-state index in [1.807, 2.05) is 6.07 Å². The van der Waals surface area contributed by atoms with Gasteiger partial charge in [0, 0.05) is 16.9 Å². The maximum atomic E-state index is 11.6. The van der Waals surface area contributed by atoms with Crippen molar-refractivity contribution in [1.29, 1.82) is 0 Å². The zero-order valence-corrected chi connectivity index (χ0v) is 73.8. The van der Waals surface area contributed by atoms with Gasteiger partial charge in [0.05, 0.1) is 6.61 Å².